The van der Waals surface area contributed by atoms with E-state index in [0.717, 1.165) is 31.6 Å². The van der Waals surface area contributed by atoms with Gasteiger partial charge in [0.05, 0.1) is 13.2 Å². The topological polar surface area (TPSA) is 104 Å². The molecule has 0 aliphatic carbocycles. The molecule has 9 nitrogen and oxygen atoms in total. The Morgan fingerprint density at radius 3 is 2.60 bits per heavy atom. The Balaban J connectivity index is 1.56. The van der Waals surface area contributed by atoms with E-state index in [1.165, 1.54) is 9.13 Å². The zero-order valence-corrected chi connectivity index (χ0v) is 17.1. The molecule has 1 fully saturated rings. The summed E-state index contributed by atoms with van der Waals surface area (Å²) in [7, 11) is 0. The number of hydrogen-bond donors (Lipinski definition) is 1. The van der Waals surface area contributed by atoms with E-state index in [2.05, 4.69) is 15.0 Å². The molecule has 9 heteroatoms. The lowest BCUT2D eigenvalue weighted by Gasteiger charge is -2.22. The van der Waals surface area contributed by atoms with Gasteiger partial charge in [0.15, 0.2) is 5.65 Å². The van der Waals surface area contributed by atoms with Gasteiger partial charge in [-0.05, 0) is 37.6 Å². The van der Waals surface area contributed by atoms with Crippen LogP contribution in [0, 0.1) is 0 Å². The lowest BCUT2D eigenvalue weighted by molar-refractivity contribution is 0.0237. The summed E-state index contributed by atoms with van der Waals surface area (Å²) in [5, 5.41) is 0. The van der Waals surface area contributed by atoms with Crippen LogP contribution in [0.15, 0.2) is 27.9 Å². The van der Waals surface area contributed by atoms with Gasteiger partial charge in [0.1, 0.15) is 17.4 Å². The minimum Gasteiger partial charge on any atom is -0.474 e. The lowest BCUT2D eigenvalue weighted by atomic mass is 10.1. The van der Waals surface area contributed by atoms with Crippen LogP contribution in [0.1, 0.15) is 38.1 Å². The molecule has 30 heavy (non-hydrogen) atoms. The molecular formula is C21H25N5O4. The number of nitrogens with zero attached hydrogens (tertiary/aromatic N) is 4. The van der Waals surface area contributed by atoms with Crippen molar-refractivity contribution in [3.63, 3.8) is 0 Å². The molecule has 0 saturated carbocycles. The second-order valence-corrected chi connectivity index (χ2v) is 7.09. The number of imidazole rings is 1. The molecule has 1 saturated heterocycles. The summed E-state index contributed by atoms with van der Waals surface area (Å²) in [6.45, 7) is 5.81. The minimum atomic E-state index is -0.356. The van der Waals surface area contributed by atoms with E-state index in [9.17, 15) is 9.59 Å². The van der Waals surface area contributed by atoms with Crippen LogP contribution in [0.5, 0.6) is 5.88 Å². The molecule has 3 aromatic rings. The number of nitrogens with one attached hydrogen (secondary N) is 1. The van der Waals surface area contributed by atoms with Crippen LogP contribution in [-0.4, -0.2) is 43.4 Å². The fourth-order valence-corrected chi connectivity index (χ4v) is 3.53. The highest BCUT2D eigenvalue weighted by Gasteiger charge is 2.16. The molecule has 1 aliphatic heterocycles. The van der Waals surface area contributed by atoms with Crippen molar-refractivity contribution in [2.75, 3.05) is 13.2 Å². The molecule has 4 heterocycles. The monoisotopic (exact) mass is 411 g/mol. The maximum absolute atomic E-state index is 12.6. The first kappa shape index (κ1) is 20.1. The molecule has 0 radical (unpaired) electrons. The third-order valence-electron chi connectivity index (χ3n) is 5.16. The molecule has 1 aliphatic rings. The minimum absolute atomic E-state index is 0.145. The summed E-state index contributed by atoms with van der Waals surface area (Å²) in [4.78, 5) is 36.8. The highest BCUT2D eigenvalue weighted by atomic mass is 16.5. The van der Waals surface area contributed by atoms with Crippen LogP contribution in [0.4, 0.5) is 0 Å². The number of aryl methyl sites for hydroxylation is 1. The summed E-state index contributed by atoms with van der Waals surface area (Å²) in [6, 6.07) is 3.75. The van der Waals surface area contributed by atoms with Crippen LogP contribution >= 0.6 is 0 Å². The lowest BCUT2D eigenvalue weighted by Crippen LogP contribution is -2.39. The summed E-state index contributed by atoms with van der Waals surface area (Å²) >= 11 is 0. The third-order valence-corrected chi connectivity index (χ3v) is 5.16. The summed E-state index contributed by atoms with van der Waals surface area (Å²) in [5.41, 5.74) is 0.870. The van der Waals surface area contributed by atoms with Crippen molar-refractivity contribution in [1.29, 1.82) is 0 Å². The normalized spacial score (nSPS) is 15.3. The Hall–Kier alpha value is -3.20. The van der Waals surface area contributed by atoms with E-state index in [1.54, 1.807) is 19.2 Å². The Labute approximate surface area is 173 Å². The van der Waals surface area contributed by atoms with Crippen LogP contribution < -0.4 is 16.0 Å². The van der Waals surface area contributed by atoms with Crippen LogP contribution in [0.3, 0.4) is 0 Å². The van der Waals surface area contributed by atoms with E-state index in [1.807, 2.05) is 25.1 Å². The SMILES string of the molecule is CCn1c(=O)c2[nH]c(/C=C/c3ccc(OC4CCOCC4)nc3)nc2n(CC)c1=O. The van der Waals surface area contributed by atoms with Crippen molar-refractivity contribution >= 4 is 23.3 Å². The zero-order valence-electron chi connectivity index (χ0n) is 17.1. The molecule has 4 rings (SSSR count). The molecule has 1 N–H and O–H groups in total. The van der Waals surface area contributed by atoms with Crippen molar-refractivity contribution in [3.05, 3.63) is 50.6 Å². The van der Waals surface area contributed by atoms with Crippen LogP contribution in [-0.2, 0) is 17.8 Å². The first-order valence-electron chi connectivity index (χ1n) is 10.2. The van der Waals surface area contributed by atoms with Gasteiger partial charge >= 0.3 is 5.69 Å². The van der Waals surface area contributed by atoms with E-state index in [4.69, 9.17) is 9.47 Å². The average molecular weight is 411 g/mol. The molecule has 3 aromatic heterocycles. The van der Waals surface area contributed by atoms with E-state index < -0.39 is 0 Å². The quantitative estimate of drug-likeness (QED) is 0.666. The number of aromatic nitrogens is 5. The van der Waals surface area contributed by atoms with Crippen LogP contribution in [0.2, 0.25) is 0 Å². The largest absolute Gasteiger partial charge is 0.474 e. The summed E-state index contributed by atoms with van der Waals surface area (Å²) < 4.78 is 13.9. The number of H-pyrrole nitrogens is 1. The molecule has 0 bridgehead atoms. The van der Waals surface area contributed by atoms with E-state index in [-0.39, 0.29) is 17.4 Å². The Morgan fingerprint density at radius 1 is 1.17 bits per heavy atom. The van der Waals surface area contributed by atoms with Crippen LogP contribution in [0.25, 0.3) is 23.3 Å². The van der Waals surface area contributed by atoms with Gasteiger partial charge in [0.25, 0.3) is 5.56 Å². The summed E-state index contributed by atoms with van der Waals surface area (Å²) in [5.74, 6) is 1.09. The molecule has 0 aromatic carbocycles. The highest BCUT2D eigenvalue weighted by Crippen LogP contribution is 2.17. The number of ether oxygens (including phenoxy) is 2. The number of rotatable bonds is 6. The molecule has 158 valence electrons. The predicted octanol–water partition coefficient (Wildman–Crippen LogP) is 2.05. The van der Waals surface area contributed by atoms with Gasteiger partial charge in [-0.1, -0.05) is 0 Å². The second kappa shape index (κ2) is 8.66. The van der Waals surface area contributed by atoms with Gasteiger partial charge in [-0.3, -0.25) is 13.9 Å². The van der Waals surface area contributed by atoms with E-state index in [0.29, 0.717) is 36.0 Å². The fraction of sp³-hybridized carbons (Fsp3) is 0.429. The average Bonchev–Trinajstić information content (AvgIpc) is 3.19. The Kier molecular flexibility index (Phi) is 5.80. The highest BCUT2D eigenvalue weighted by molar-refractivity contribution is 5.75. The first-order chi connectivity index (χ1) is 14.6. The van der Waals surface area contributed by atoms with Gasteiger partial charge in [0.2, 0.25) is 5.88 Å². The molecular weight excluding hydrogens is 386 g/mol. The Bertz CT molecular complexity index is 1170. The molecule has 0 amide bonds. The van der Waals surface area contributed by atoms with Crippen molar-refractivity contribution in [1.82, 2.24) is 24.1 Å². The number of aromatic amines is 1. The second-order valence-electron chi connectivity index (χ2n) is 7.09. The van der Waals surface area contributed by atoms with Gasteiger partial charge in [0, 0.05) is 38.2 Å². The van der Waals surface area contributed by atoms with Crippen molar-refractivity contribution in [2.24, 2.45) is 0 Å². The van der Waals surface area contributed by atoms with Crippen molar-refractivity contribution in [2.45, 2.75) is 45.9 Å². The molecule has 0 spiro atoms. The fourth-order valence-electron chi connectivity index (χ4n) is 3.53. The summed E-state index contributed by atoms with van der Waals surface area (Å²) in [6.07, 6.45) is 7.22. The number of pyridine rings is 1. The van der Waals surface area contributed by atoms with Gasteiger partial charge < -0.3 is 14.5 Å². The maximum atomic E-state index is 12.6. The standard InChI is InChI=1S/C21H25N5O4/c1-3-25-19-18(20(27)26(4-2)21(25)28)23-16(24-19)7-5-14-6-8-17(22-13-14)30-15-9-11-29-12-10-15/h5-8,13,15H,3-4,9-12H2,1-2H3,(H,23,24)/b7-5+. The first-order valence-corrected chi connectivity index (χ1v) is 10.2. The van der Waals surface area contributed by atoms with Gasteiger partial charge in [-0.15, -0.1) is 0 Å². The molecule has 0 unspecified atom stereocenters. The van der Waals surface area contributed by atoms with Gasteiger partial charge in [-0.25, -0.2) is 14.8 Å². The smallest absolute Gasteiger partial charge is 0.332 e. The number of hydrogen-bond acceptors (Lipinski definition) is 6. The Morgan fingerprint density at radius 2 is 1.93 bits per heavy atom. The van der Waals surface area contributed by atoms with Crippen molar-refractivity contribution < 1.29 is 9.47 Å². The van der Waals surface area contributed by atoms with Crippen molar-refractivity contribution in [3.8, 4) is 5.88 Å². The predicted molar refractivity (Wildman–Crippen MR) is 114 cm³/mol. The van der Waals surface area contributed by atoms with Gasteiger partial charge in [-0.2, -0.15) is 0 Å². The number of fused-ring (bicyclic) bond motifs is 1. The maximum Gasteiger partial charge on any atom is 0.332 e. The van der Waals surface area contributed by atoms with E-state index >= 15 is 0 Å². The molecule has 0 atom stereocenters. The zero-order chi connectivity index (χ0) is 21.1. The third kappa shape index (κ3) is 3.93.